The smallest absolute Gasteiger partial charge is 0.418 e. The summed E-state index contributed by atoms with van der Waals surface area (Å²) in [7, 11) is 1.19. The second-order valence-electron chi connectivity index (χ2n) is 9.78. The van der Waals surface area contributed by atoms with Crippen LogP contribution in [0.1, 0.15) is 77.0 Å². The third kappa shape index (κ3) is 4.58. The minimum absolute atomic E-state index is 0.00813. The van der Waals surface area contributed by atoms with Crippen molar-refractivity contribution >= 4 is 23.8 Å². The maximum absolute atomic E-state index is 13.4. The number of likely N-dealkylation sites (tertiary alicyclic amines) is 1. The lowest BCUT2D eigenvalue weighted by molar-refractivity contribution is -0.167. The van der Waals surface area contributed by atoms with Gasteiger partial charge in [0, 0.05) is 11.8 Å². The van der Waals surface area contributed by atoms with E-state index in [-0.39, 0.29) is 18.0 Å². The monoisotopic (exact) mass is 481 g/mol. The van der Waals surface area contributed by atoms with E-state index in [1.165, 1.54) is 18.2 Å². The maximum Gasteiger partial charge on any atom is 0.418 e. The van der Waals surface area contributed by atoms with Gasteiger partial charge in [0.1, 0.15) is 17.8 Å². The van der Waals surface area contributed by atoms with Gasteiger partial charge in [-0.25, -0.2) is 19.0 Å². The lowest BCUT2D eigenvalue weighted by atomic mass is 10.0. The van der Waals surface area contributed by atoms with Crippen LogP contribution >= 0.6 is 0 Å². The fourth-order valence-electron chi connectivity index (χ4n) is 4.63. The summed E-state index contributed by atoms with van der Waals surface area (Å²) in [6.07, 6.45) is -0.539. The number of aromatic nitrogens is 1. The molecule has 2 aliphatic rings. The highest BCUT2D eigenvalue weighted by Crippen LogP contribution is 2.50. The third-order valence-corrected chi connectivity index (χ3v) is 5.77. The van der Waals surface area contributed by atoms with E-state index in [2.05, 4.69) is 0 Å². The number of esters is 1. The molecule has 0 unspecified atom stereocenters. The van der Waals surface area contributed by atoms with E-state index in [9.17, 15) is 14.4 Å². The van der Waals surface area contributed by atoms with Crippen LogP contribution in [0.2, 0.25) is 0 Å². The SMILES string of the molecule is CCOC(=O)c1c(N)c([C@H]2[C@@H]3OC(C)(C)O[C@@H]3[C@@H](CC)N2C(=O)OC(C)(C)C)cn1C(=O)OC. The molecule has 34 heavy (non-hydrogen) atoms. The zero-order valence-corrected chi connectivity index (χ0v) is 21.0. The molecule has 0 bridgehead atoms. The summed E-state index contributed by atoms with van der Waals surface area (Å²) in [5.41, 5.74) is 5.83. The van der Waals surface area contributed by atoms with Crippen molar-refractivity contribution in [2.45, 2.75) is 90.6 Å². The summed E-state index contributed by atoms with van der Waals surface area (Å²) in [4.78, 5) is 40.1. The van der Waals surface area contributed by atoms with Gasteiger partial charge < -0.3 is 29.4 Å². The van der Waals surface area contributed by atoms with Crippen LogP contribution in [0, 0.1) is 0 Å². The number of amides is 1. The number of carbonyl (C=O) groups is 3. The number of ether oxygens (including phenoxy) is 5. The number of anilines is 1. The molecule has 2 fully saturated rings. The van der Waals surface area contributed by atoms with E-state index in [0.717, 1.165) is 4.57 Å². The van der Waals surface area contributed by atoms with Crippen LogP contribution in [0.5, 0.6) is 0 Å². The molecule has 1 amide bonds. The predicted molar refractivity (Wildman–Crippen MR) is 121 cm³/mol. The molecule has 11 nitrogen and oxygen atoms in total. The second kappa shape index (κ2) is 9.10. The van der Waals surface area contributed by atoms with Crippen molar-refractivity contribution in [1.82, 2.24) is 9.47 Å². The van der Waals surface area contributed by atoms with Gasteiger partial charge in [0.15, 0.2) is 11.5 Å². The Morgan fingerprint density at radius 1 is 1.12 bits per heavy atom. The highest BCUT2D eigenvalue weighted by Gasteiger charge is 2.60. The molecule has 2 saturated heterocycles. The standard InChI is InChI=1S/C23H35N3O8/c1-9-13-17-18(33-23(6,7)32-17)15(26(13)21(29)34-22(3,4)5)12-11-25(20(28)30-8)16(14(12)24)19(27)31-10-2/h11,13,15,17-18H,9-10,24H2,1-8H3/t13-,15+,17-,18+/m1/s1. The molecular formula is C23H35N3O8. The van der Waals surface area contributed by atoms with E-state index in [0.29, 0.717) is 12.0 Å². The number of carbonyl (C=O) groups excluding carboxylic acids is 3. The number of hydrogen-bond acceptors (Lipinski definition) is 9. The van der Waals surface area contributed by atoms with Crippen LogP contribution < -0.4 is 5.73 Å². The molecule has 190 valence electrons. The van der Waals surface area contributed by atoms with E-state index in [4.69, 9.17) is 29.4 Å². The summed E-state index contributed by atoms with van der Waals surface area (Å²) in [6.45, 7) is 12.6. The first-order chi connectivity index (χ1) is 15.8. The minimum atomic E-state index is -0.898. The molecule has 0 radical (unpaired) electrons. The minimum Gasteiger partial charge on any atom is -0.461 e. The molecule has 3 heterocycles. The van der Waals surface area contributed by atoms with Gasteiger partial charge >= 0.3 is 18.2 Å². The molecule has 3 rings (SSSR count). The Hall–Kier alpha value is -2.79. The van der Waals surface area contributed by atoms with Crippen LogP contribution in [0.25, 0.3) is 0 Å². The van der Waals surface area contributed by atoms with Gasteiger partial charge in [-0.1, -0.05) is 6.92 Å². The van der Waals surface area contributed by atoms with Crippen molar-refractivity contribution in [3.63, 3.8) is 0 Å². The molecule has 0 spiro atoms. The lowest BCUT2D eigenvalue weighted by Gasteiger charge is -2.35. The van der Waals surface area contributed by atoms with Gasteiger partial charge in [-0.2, -0.15) is 0 Å². The molecule has 1 aromatic heterocycles. The van der Waals surface area contributed by atoms with Crippen molar-refractivity contribution in [1.29, 1.82) is 0 Å². The molecule has 2 aliphatic heterocycles. The zero-order chi connectivity index (χ0) is 25.6. The summed E-state index contributed by atoms with van der Waals surface area (Å²) >= 11 is 0. The molecule has 11 heteroatoms. The van der Waals surface area contributed by atoms with Crippen LogP contribution in [-0.2, 0) is 23.7 Å². The fraction of sp³-hybridized carbons (Fsp3) is 0.696. The quantitative estimate of drug-likeness (QED) is 0.507. The van der Waals surface area contributed by atoms with Gasteiger partial charge in [0.25, 0.3) is 0 Å². The van der Waals surface area contributed by atoms with Crippen molar-refractivity contribution in [3.05, 3.63) is 17.5 Å². The Labute approximate surface area is 199 Å². The molecule has 0 saturated carbocycles. The average Bonchev–Trinajstić information content (AvgIpc) is 3.31. The van der Waals surface area contributed by atoms with E-state index >= 15 is 0 Å². The van der Waals surface area contributed by atoms with Gasteiger partial charge in [-0.3, -0.25) is 4.90 Å². The first-order valence-electron chi connectivity index (χ1n) is 11.4. The number of nitrogens with two attached hydrogens (primary N) is 1. The normalized spacial score (nSPS) is 25.7. The van der Waals surface area contributed by atoms with Crippen LogP contribution in [-0.4, -0.2) is 71.0 Å². The average molecular weight is 482 g/mol. The summed E-state index contributed by atoms with van der Waals surface area (Å²) in [6, 6.07) is -1.18. The number of fused-ring (bicyclic) bond motifs is 1. The topological polar surface area (TPSA) is 132 Å². The molecule has 0 aliphatic carbocycles. The number of rotatable bonds is 4. The van der Waals surface area contributed by atoms with Gasteiger partial charge in [0.2, 0.25) is 0 Å². The number of methoxy groups -OCH3 is 1. The second-order valence-corrected chi connectivity index (χ2v) is 9.78. The largest absolute Gasteiger partial charge is 0.461 e. The van der Waals surface area contributed by atoms with Crippen molar-refractivity contribution in [2.24, 2.45) is 0 Å². The molecular weight excluding hydrogens is 446 g/mol. The fourth-order valence-corrected chi connectivity index (χ4v) is 4.63. The van der Waals surface area contributed by atoms with Crippen molar-refractivity contribution in [3.8, 4) is 0 Å². The first kappa shape index (κ1) is 25.8. The maximum atomic E-state index is 13.4. The molecule has 0 aromatic carbocycles. The summed E-state index contributed by atoms with van der Waals surface area (Å²) in [5, 5.41) is 0. The third-order valence-electron chi connectivity index (χ3n) is 5.77. The van der Waals surface area contributed by atoms with Crippen molar-refractivity contribution < 1.29 is 38.1 Å². The molecule has 4 atom stereocenters. The number of hydrogen-bond donors (Lipinski definition) is 1. The summed E-state index contributed by atoms with van der Waals surface area (Å²) < 4.78 is 29.0. The first-order valence-corrected chi connectivity index (χ1v) is 11.4. The number of nitrogen functional groups attached to an aromatic ring is 1. The Morgan fingerprint density at radius 3 is 2.26 bits per heavy atom. The van der Waals surface area contributed by atoms with E-state index in [1.54, 1.807) is 41.5 Å². The molecule has 1 aromatic rings. The van der Waals surface area contributed by atoms with Gasteiger partial charge in [-0.15, -0.1) is 0 Å². The zero-order valence-electron chi connectivity index (χ0n) is 21.0. The van der Waals surface area contributed by atoms with E-state index < -0.39 is 53.8 Å². The Balaban J connectivity index is 2.19. The van der Waals surface area contributed by atoms with Crippen LogP contribution in [0.3, 0.4) is 0 Å². The van der Waals surface area contributed by atoms with Gasteiger partial charge in [0.05, 0.1) is 31.5 Å². The van der Waals surface area contributed by atoms with Crippen LogP contribution in [0.15, 0.2) is 6.20 Å². The highest BCUT2D eigenvalue weighted by molar-refractivity contribution is 5.98. The van der Waals surface area contributed by atoms with E-state index in [1.807, 2.05) is 6.92 Å². The Morgan fingerprint density at radius 2 is 1.74 bits per heavy atom. The Kier molecular flexibility index (Phi) is 6.92. The Bertz CT molecular complexity index is 964. The van der Waals surface area contributed by atoms with Crippen molar-refractivity contribution in [2.75, 3.05) is 19.5 Å². The molecule has 2 N–H and O–H groups in total. The summed E-state index contributed by atoms with van der Waals surface area (Å²) in [5.74, 6) is -1.68. The van der Waals surface area contributed by atoms with Crippen LogP contribution in [0.4, 0.5) is 15.3 Å². The van der Waals surface area contributed by atoms with Gasteiger partial charge in [-0.05, 0) is 48.0 Å². The highest BCUT2D eigenvalue weighted by atomic mass is 16.8. The number of nitrogens with zero attached hydrogens (tertiary/aromatic N) is 2. The lowest BCUT2D eigenvalue weighted by Crippen LogP contribution is -2.45. The predicted octanol–water partition coefficient (Wildman–Crippen LogP) is 3.45.